The van der Waals surface area contributed by atoms with E-state index in [1.54, 1.807) is 0 Å². The average Bonchev–Trinajstić information content (AvgIpc) is 2.97. The van der Waals surface area contributed by atoms with E-state index in [1.165, 1.54) is 43.5 Å². The van der Waals surface area contributed by atoms with Gasteiger partial charge in [-0.15, -0.1) is 0 Å². The number of aliphatic imine (C=N–C) groups is 1. The molecule has 0 aromatic heterocycles. The highest BCUT2D eigenvalue weighted by molar-refractivity contribution is 8.18. The molecule has 1 aliphatic rings. The van der Waals surface area contributed by atoms with Crippen molar-refractivity contribution in [2.75, 3.05) is 7.11 Å². The Bertz CT molecular complexity index is 989. The summed E-state index contributed by atoms with van der Waals surface area (Å²) < 4.78 is 17.8. The Morgan fingerprint density at radius 3 is 2.63 bits per heavy atom. The van der Waals surface area contributed by atoms with Gasteiger partial charge in [-0.2, -0.15) is 0 Å². The van der Waals surface area contributed by atoms with Crippen LogP contribution < -0.4 is 15.2 Å². The first kappa shape index (κ1) is 18.4. The molecule has 8 nitrogen and oxygen atoms in total. The number of halogens is 1. The minimum absolute atomic E-state index is 0.195. The number of nitrogens with zero attached hydrogens (tertiary/aromatic N) is 2. The summed E-state index contributed by atoms with van der Waals surface area (Å²) in [5.41, 5.74) is 0.0668. The minimum atomic E-state index is -0.841. The standard InChI is InChI=1S/C17H12FN3O5S/c1-26-13-7-9(6-12(15(13)22)21(24)25)8-14-16(23)20-17(27-14)19-11-4-2-10(18)3-5-11/h2-8,22H,1H3,(H,19,20,23)/p-1/b14-8+. The summed E-state index contributed by atoms with van der Waals surface area (Å²) in [5, 5.41) is 25.7. The highest BCUT2D eigenvalue weighted by Gasteiger charge is 2.24. The molecule has 0 aliphatic carbocycles. The first-order chi connectivity index (χ1) is 12.9. The van der Waals surface area contributed by atoms with Gasteiger partial charge < -0.3 is 15.2 Å². The van der Waals surface area contributed by atoms with Crippen LogP contribution in [0, 0.1) is 15.9 Å². The van der Waals surface area contributed by atoms with E-state index in [-0.39, 0.29) is 21.4 Å². The second-order valence-corrected chi connectivity index (χ2v) is 6.32. The number of hydrogen-bond donors (Lipinski definition) is 1. The topological polar surface area (TPSA) is 117 Å². The van der Waals surface area contributed by atoms with E-state index < -0.39 is 28.1 Å². The van der Waals surface area contributed by atoms with E-state index in [2.05, 4.69) is 10.3 Å². The van der Waals surface area contributed by atoms with E-state index in [1.807, 2.05) is 0 Å². The molecule has 0 saturated carbocycles. The second-order valence-electron chi connectivity index (χ2n) is 5.29. The predicted octanol–water partition coefficient (Wildman–Crippen LogP) is 2.71. The van der Waals surface area contributed by atoms with Crippen molar-refractivity contribution in [3.63, 3.8) is 0 Å². The van der Waals surface area contributed by atoms with Gasteiger partial charge in [0, 0.05) is 11.8 Å². The molecule has 1 amide bonds. The average molecular weight is 388 g/mol. The third-order valence-electron chi connectivity index (χ3n) is 3.48. The summed E-state index contributed by atoms with van der Waals surface area (Å²) in [7, 11) is 1.22. The van der Waals surface area contributed by atoms with E-state index in [0.29, 0.717) is 5.69 Å². The number of benzene rings is 2. The van der Waals surface area contributed by atoms with Crippen LogP contribution in [0.4, 0.5) is 15.8 Å². The van der Waals surface area contributed by atoms with Crippen LogP contribution >= 0.6 is 11.8 Å². The predicted molar refractivity (Wildman–Crippen MR) is 96.3 cm³/mol. The highest BCUT2D eigenvalue weighted by atomic mass is 32.2. The number of nitro groups is 1. The lowest BCUT2D eigenvalue weighted by Crippen LogP contribution is -2.19. The number of carbonyl (C=O) groups is 1. The van der Waals surface area contributed by atoms with Gasteiger partial charge in [0.2, 0.25) is 0 Å². The molecule has 1 heterocycles. The van der Waals surface area contributed by atoms with Crippen LogP contribution in [0.1, 0.15) is 5.56 Å². The fourth-order valence-electron chi connectivity index (χ4n) is 2.24. The first-order valence-electron chi connectivity index (χ1n) is 7.46. The van der Waals surface area contributed by atoms with Gasteiger partial charge in [0.25, 0.3) is 11.6 Å². The lowest BCUT2D eigenvalue weighted by molar-refractivity contribution is -0.398. The highest BCUT2D eigenvalue weighted by Crippen LogP contribution is 2.36. The number of nitrogens with one attached hydrogen (secondary N) is 1. The Kier molecular flexibility index (Phi) is 5.08. The van der Waals surface area contributed by atoms with Crippen LogP contribution in [0.2, 0.25) is 0 Å². The molecule has 1 fully saturated rings. The summed E-state index contributed by atoms with van der Waals surface area (Å²) in [6, 6.07) is 7.78. The number of rotatable bonds is 4. The number of amidine groups is 1. The monoisotopic (exact) mass is 388 g/mol. The molecule has 0 atom stereocenters. The van der Waals surface area contributed by atoms with Crippen LogP contribution in [0.25, 0.3) is 6.08 Å². The summed E-state index contributed by atoms with van der Waals surface area (Å²) in [5.74, 6) is -1.89. The van der Waals surface area contributed by atoms with Crippen molar-refractivity contribution in [2.24, 2.45) is 4.99 Å². The maximum atomic E-state index is 12.9. The first-order valence-corrected chi connectivity index (χ1v) is 8.27. The number of carbonyl (C=O) groups excluding carboxylic acids is 1. The zero-order valence-corrected chi connectivity index (χ0v) is 14.6. The fourth-order valence-corrected chi connectivity index (χ4v) is 3.09. The minimum Gasteiger partial charge on any atom is -0.865 e. The molecule has 2 aromatic rings. The molecule has 27 heavy (non-hydrogen) atoms. The fraction of sp³-hybridized carbons (Fsp3) is 0.0588. The number of methoxy groups -OCH3 is 1. The van der Waals surface area contributed by atoms with Gasteiger partial charge in [0.1, 0.15) is 11.6 Å². The number of thioether (sulfide) groups is 1. The van der Waals surface area contributed by atoms with Gasteiger partial charge in [-0.25, -0.2) is 9.38 Å². The van der Waals surface area contributed by atoms with Crippen molar-refractivity contribution in [3.8, 4) is 11.5 Å². The van der Waals surface area contributed by atoms with E-state index >= 15 is 0 Å². The Balaban J connectivity index is 1.91. The zero-order chi connectivity index (χ0) is 19.6. The maximum Gasteiger partial charge on any atom is 0.266 e. The number of amides is 1. The molecular weight excluding hydrogens is 377 g/mol. The van der Waals surface area contributed by atoms with E-state index in [9.17, 15) is 24.4 Å². The molecule has 1 aliphatic heterocycles. The van der Waals surface area contributed by atoms with Crippen LogP contribution in [0.15, 0.2) is 46.3 Å². The van der Waals surface area contributed by atoms with Crippen molar-refractivity contribution >= 4 is 40.3 Å². The van der Waals surface area contributed by atoms with E-state index in [0.717, 1.165) is 17.8 Å². The maximum absolute atomic E-state index is 12.9. The van der Waals surface area contributed by atoms with Crippen LogP contribution in [-0.2, 0) is 4.79 Å². The summed E-state index contributed by atoms with van der Waals surface area (Å²) >= 11 is 1.01. The largest absolute Gasteiger partial charge is 0.865 e. The van der Waals surface area contributed by atoms with Crippen molar-refractivity contribution < 1.29 is 24.0 Å². The van der Waals surface area contributed by atoms with Gasteiger partial charge >= 0.3 is 0 Å². The zero-order valence-electron chi connectivity index (χ0n) is 13.8. The lowest BCUT2D eigenvalue weighted by Gasteiger charge is -2.13. The Hall–Kier alpha value is -3.40. The van der Waals surface area contributed by atoms with Gasteiger partial charge in [-0.1, -0.05) is 0 Å². The molecule has 0 unspecified atom stereocenters. The van der Waals surface area contributed by atoms with Crippen molar-refractivity contribution in [1.82, 2.24) is 5.32 Å². The molecule has 1 N–H and O–H groups in total. The van der Waals surface area contributed by atoms with Gasteiger partial charge in [-0.3, -0.25) is 14.9 Å². The van der Waals surface area contributed by atoms with E-state index in [4.69, 9.17) is 4.74 Å². The quantitative estimate of drug-likeness (QED) is 0.489. The Morgan fingerprint density at radius 2 is 2.00 bits per heavy atom. The molecule has 3 rings (SSSR count). The lowest BCUT2D eigenvalue weighted by atomic mass is 10.1. The summed E-state index contributed by atoms with van der Waals surface area (Å²) in [6.07, 6.45) is 1.39. The number of hydrogen-bond acceptors (Lipinski definition) is 7. The molecule has 0 radical (unpaired) electrons. The summed E-state index contributed by atoms with van der Waals surface area (Å²) in [6.45, 7) is 0. The Morgan fingerprint density at radius 1 is 1.30 bits per heavy atom. The molecule has 138 valence electrons. The molecular formula is C17H11FN3O5S-. The smallest absolute Gasteiger partial charge is 0.266 e. The molecule has 0 spiro atoms. The van der Waals surface area contributed by atoms with Crippen molar-refractivity contribution in [2.45, 2.75) is 0 Å². The van der Waals surface area contributed by atoms with Gasteiger partial charge in [0.05, 0.1) is 22.6 Å². The third kappa shape index (κ3) is 4.06. The molecule has 0 bridgehead atoms. The van der Waals surface area contributed by atoms with Gasteiger partial charge in [0.15, 0.2) is 5.17 Å². The Labute approximate surface area is 156 Å². The summed E-state index contributed by atoms with van der Waals surface area (Å²) in [4.78, 5) is 26.7. The molecule has 10 heteroatoms. The van der Waals surface area contributed by atoms with Crippen LogP contribution in [-0.4, -0.2) is 23.1 Å². The normalized spacial score (nSPS) is 16.6. The van der Waals surface area contributed by atoms with Crippen LogP contribution in [0.3, 0.4) is 0 Å². The SMILES string of the molecule is COc1cc(/C=C2/SC(=Nc3ccc(F)cc3)NC2=O)cc([N+](=O)[O-])c1[O-]. The van der Waals surface area contributed by atoms with Gasteiger partial charge in [-0.05, 0) is 53.7 Å². The second kappa shape index (κ2) is 7.46. The van der Waals surface area contributed by atoms with Crippen molar-refractivity contribution in [3.05, 3.63) is 62.8 Å². The number of ether oxygens (including phenoxy) is 1. The van der Waals surface area contributed by atoms with Crippen LogP contribution in [0.5, 0.6) is 11.5 Å². The number of nitro benzene ring substituents is 1. The van der Waals surface area contributed by atoms with Crippen molar-refractivity contribution in [1.29, 1.82) is 0 Å². The molecule has 1 saturated heterocycles. The molecule has 2 aromatic carbocycles. The third-order valence-corrected chi connectivity index (χ3v) is 4.39.